The van der Waals surface area contributed by atoms with Crippen molar-refractivity contribution < 1.29 is 13.2 Å². The topological polar surface area (TPSA) is 46.3 Å². The van der Waals surface area contributed by atoms with Crippen molar-refractivity contribution in [3.63, 3.8) is 0 Å². The van der Waals surface area contributed by atoms with Crippen LogP contribution in [0.15, 0.2) is 36.4 Å². The predicted molar refractivity (Wildman–Crippen MR) is 82.5 cm³/mol. The smallest absolute Gasteiger partial charge is 0.267 e. The van der Waals surface area contributed by atoms with Crippen molar-refractivity contribution >= 4 is 11.5 Å². The Morgan fingerprint density at radius 2 is 2.00 bits per heavy atom. The van der Waals surface area contributed by atoms with Crippen molar-refractivity contribution in [3.05, 3.63) is 42.2 Å². The van der Waals surface area contributed by atoms with Gasteiger partial charge in [0.15, 0.2) is 11.5 Å². The lowest BCUT2D eigenvalue weighted by molar-refractivity contribution is 0.0229. The molecular formula is C16H14F3N5. The van der Waals surface area contributed by atoms with Crippen LogP contribution in [-0.2, 0) is 0 Å². The molecule has 0 aliphatic carbocycles. The van der Waals surface area contributed by atoms with Gasteiger partial charge in [-0.1, -0.05) is 12.1 Å². The first kappa shape index (κ1) is 14.9. The Balaban J connectivity index is 1.79. The van der Waals surface area contributed by atoms with E-state index in [0.29, 0.717) is 22.9 Å². The number of nitrogens with zero attached hydrogens (tertiary/aromatic N) is 5. The average Bonchev–Trinajstić information content (AvgIpc) is 3.06. The van der Waals surface area contributed by atoms with Gasteiger partial charge in [0, 0.05) is 18.0 Å². The van der Waals surface area contributed by atoms with Crippen LogP contribution in [0.4, 0.5) is 19.0 Å². The molecule has 1 atom stereocenters. The molecule has 0 bridgehead atoms. The second-order valence-corrected chi connectivity index (χ2v) is 6.03. The highest BCUT2D eigenvalue weighted by molar-refractivity contribution is 5.60. The zero-order valence-electron chi connectivity index (χ0n) is 12.8. The fraction of sp³-hybridized carbons (Fsp3) is 0.312. The number of alkyl halides is 2. The molecule has 0 saturated carbocycles. The third-order valence-corrected chi connectivity index (χ3v) is 4.15. The van der Waals surface area contributed by atoms with Crippen LogP contribution in [0.25, 0.3) is 17.0 Å². The minimum absolute atomic E-state index is 0.203. The first-order chi connectivity index (χ1) is 11.4. The summed E-state index contributed by atoms with van der Waals surface area (Å²) in [6, 6.07) is 8.92. The molecular weight excluding hydrogens is 319 g/mol. The number of hydrogen-bond donors (Lipinski definition) is 0. The summed E-state index contributed by atoms with van der Waals surface area (Å²) in [5.74, 6) is -2.34. The Labute approximate surface area is 135 Å². The molecule has 3 heterocycles. The molecule has 0 spiro atoms. The van der Waals surface area contributed by atoms with E-state index < -0.39 is 11.7 Å². The first-order valence-electron chi connectivity index (χ1n) is 7.56. The maximum atomic E-state index is 13.6. The van der Waals surface area contributed by atoms with Gasteiger partial charge in [0.2, 0.25) is 0 Å². The fourth-order valence-corrected chi connectivity index (χ4v) is 3.06. The summed E-state index contributed by atoms with van der Waals surface area (Å²) in [6.07, 6.45) is -0.203. The summed E-state index contributed by atoms with van der Waals surface area (Å²) < 4.78 is 42.2. The normalized spacial score (nSPS) is 20.0. The van der Waals surface area contributed by atoms with Crippen LogP contribution in [-0.4, -0.2) is 38.3 Å². The van der Waals surface area contributed by atoms with E-state index in [4.69, 9.17) is 0 Å². The number of hydrogen-bond acceptors (Lipinski definition) is 4. The van der Waals surface area contributed by atoms with Gasteiger partial charge in [0.1, 0.15) is 11.6 Å². The summed E-state index contributed by atoms with van der Waals surface area (Å²) in [5, 5.41) is 12.4. The lowest BCUT2D eigenvalue weighted by Crippen LogP contribution is -2.29. The Bertz CT molecular complexity index is 908. The van der Waals surface area contributed by atoms with Gasteiger partial charge in [-0.15, -0.1) is 15.3 Å². The number of benzene rings is 1. The van der Waals surface area contributed by atoms with Gasteiger partial charge in [-0.3, -0.25) is 0 Å². The predicted octanol–water partition coefficient (Wildman–Crippen LogP) is 3.16. The van der Waals surface area contributed by atoms with E-state index in [0.717, 1.165) is 0 Å². The lowest BCUT2D eigenvalue weighted by Gasteiger charge is -2.21. The number of aromatic nitrogens is 4. The van der Waals surface area contributed by atoms with Crippen LogP contribution in [0.3, 0.4) is 0 Å². The minimum atomic E-state index is -2.73. The molecule has 0 amide bonds. The summed E-state index contributed by atoms with van der Waals surface area (Å²) in [5.41, 5.74) is 0.989. The van der Waals surface area contributed by atoms with E-state index >= 15 is 0 Å². The van der Waals surface area contributed by atoms with Gasteiger partial charge >= 0.3 is 0 Å². The average molecular weight is 333 g/mol. The van der Waals surface area contributed by atoms with E-state index in [1.54, 1.807) is 36.1 Å². The van der Waals surface area contributed by atoms with Crippen molar-refractivity contribution in [2.24, 2.45) is 0 Å². The van der Waals surface area contributed by atoms with Crippen LogP contribution in [0.1, 0.15) is 13.3 Å². The Kier molecular flexibility index (Phi) is 3.22. The van der Waals surface area contributed by atoms with Gasteiger partial charge in [0.05, 0.1) is 6.54 Å². The molecule has 3 aromatic rings. The molecule has 4 rings (SSSR count). The van der Waals surface area contributed by atoms with Crippen molar-refractivity contribution in [2.75, 3.05) is 11.4 Å². The highest BCUT2D eigenvalue weighted by atomic mass is 19.3. The molecule has 0 N–H and O–H groups in total. The zero-order chi connectivity index (χ0) is 16.9. The molecule has 0 radical (unpaired) electrons. The van der Waals surface area contributed by atoms with E-state index in [1.165, 1.54) is 16.6 Å². The molecule has 124 valence electrons. The molecule has 5 nitrogen and oxygen atoms in total. The van der Waals surface area contributed by atoms with Crippen molar-refractivity contribution in [1.82, 2.24) is 19.8 Å². The molecule has 24 heavy (non-hydrogen) atoms. The maximum Gasteiger partial charge on any atom is 0.267 e. The van der Waals surface area contributed by atoms with Crippen LogP contribution >= 0.6 is 0 Å². The van der Waals surface area contributed by atoms with Crippen molar-refractivity contribution in [2.45, 2.75) is 25.3 Å². The maximum absolute atomic E-state index is 13.6. The van der Waals surface area contributed by atoms with Gasteiger partial charge < -0.3 is 4.90 Å². The van der Waals surface area contributed by atoms with E-state index in [9.17, 15) is 13.2 Å². The summed E-state index contributed by atoms with van der Waals surface area (Å²) in [6.45, 7) is 1.37. The van der Waals surface area contributed by atoms with E-state index in [-0.39, 0.29) is 19.0 Å². The second-order valence-electron chi connectivity index (χ2n) is 6.03. The van der Waals surface area contributed by atoms with Crippen molar-refractivity contribution in [3.8, 4) is 11.4 Å². The fourth-order valence-electron chi connectivity index (χ4n) is 3.06. The molecule has 1 aromatic carbocycles. The Morgan fingerprint density at radius 1 is 1.17 bits per heavy atom. The largest absolute Gasteiger partial charge is 0.346 e. The minimum Gasteiger partial charge on any atom is -0.346 e. The molecule has 8 heteroatoms. The lowest BCUT2D eigenvalue weighted by atomic mass is 10.2. The summed E-state index contributed by atoms with van der Waals surface area (Å²) >= 11 is 0. The molecule has 1 aliphatic heterocycles. The molecule has 1 aliphatic rings. The second kappa shape index (κ2) is 5.19. The summed E-state index contributed by atoms with van der Waals surface area (Å²) in [7, 11) is 0. The van der Waals surface area contributed by atoms with Crippen molar-refractivity contribution in [1.29, 1.82) is 0 Å². The molecule has 1 saturated heterocycles. The Hall–Kier alpha value is -2.64. The van der Waals surface area contributed by atoms with Gasteiger partial charge in [-0.25, -0.2) is 13.2 Å². The third kappa shape index (κ3) is 2.47. The first-order valence-corrected chi connectivity index (χ1v) is 7.56. The van der Waals surface area contributed by atoms with E-state index in [2.05, 4.69) is 15.3 Å². The molecule has 1 fully saturated rings. The number of fused-ring (bicyclic) bond motifs is 1. The number of rotatable bonds is 2. The third-order valence-electron chi connectivity index (χ3n) is 4.15. The number of anilines is 1. The Morgan fingerprint density at radius 3 is 2.71 bits per heavy atom. The molecule has 2 aromatic heterocycles. The monoisotopic (exact) mass is 333 g/mol. The van der Waals surface area contributed by atoms with Gasteiger partial charge in [-0.05, 0) is 31.2 Å². The van der Waals surface area contributed by atoms with E-state index in [1.807, 2.05) is 0 Å². The van der Waals surface area contributed by atoms with Gasteiger partial charge in [0.25, 0.3) is 5.92 Å². The molecule has 1 unspecified atom stereocenters. The van der Waals surface area contributed by atoms with Gasteiger partial charge in [-0.2, -0.15) is 4.52 Å². The van der Waals surface area contributed by atoms with Crippen LogP contribution in [0, 0.1) is 5.82 Å². The SMILES string of the molecule is CC1CC(F)(F)CN1c1ccc2nnc(-c3cccc(F)c3)n2n1. The van der Waals surface area contributed by atoms with Crippen LogP contribution in [0.2, 0.25) is 0 Å². The number of halogens is 3. The standard InChI is InChI=1S/C16H14F3N5/c1-10-8-16(18,19)9-23(10)14-6-5-13-20-21-15(24(13)22-14)11-3-2-4-12(17)7-11/h2-7,10H,8-9H2,1H3. The highest BCUT2D eigenvalue weighted by Gasteiger charge is 2.43. The quantitative estimate of drug-likeness (QED) is 0.723. The zero-order valence-corrected chi connectivity index (χ0v) is 12.8. The van der Waals surface area contributed by atoms with Crippen LogP contribution < -0.4 is 4.90 Å². The highest BCUT2D eigenvalue weighted by Crippen LogP contribution is 2.34. The van der Waals surface area contributed by atoms with Crippen LogP contribution in [0.5, 0.6) is 0 Å². The summed E-state index contributed by atoms with van der Waals surface area (Å²) in [4.78, 5) is 1.56.